The van der Waals surface area contributed by atoms with Crippen molar-refractivity contribution < 1.29 is 4.92 Å². The van der Waals surface area contributed by atoms with Gasteiger partial charge in [-0.1, -0.05) is 13.0 Å². The normalized spacial score (nSPS) is 24.3. The zero-order valence-electron chi connectivity index (χ0n) is 11.5. The summed E-state index contributed by atoms with van der Waals surface area (Å²) in [5.41, 5.74) is 6.82. The number of rotatable bonds is 3. The van der Waals surface area contributed by atoms with Crippen molar-refractivity contribution in [1.82, 2.24) is 4.90 Å². The van der Waals surface area contributed by atoms with Crippen LogP contribution in [-0.4, -0.2) is 22.4 Å². The monoisotopic (exact) mass is 263 g/mol. The van der Waals surface area contributed by atoms with Crippen molar-refractivity contribution in [2.45, 2.75) is 39.3 Å². The zero-order chi connectivity index (χ0) is 14.0. The predicted octanol–water partition coefficient (Wildman–Crippen LogP) is 2.80. The van der Waals surface area contributed by atoms with E-state index in [1.54, 1.807) is 12.1 Å². The van der Waals surface area contributed by atoms with E-state index in [0.29, 0.717) is 12.0 Å². The summed E-state index contributed by atoms with van der Waals surface area (Å²) in [6, 6.07) is 5.65. The molecule has 104 valence electrons. The zero-order valence-corrected chi connectivity index (χ0v) is 11.5. The minimum Gasteiger partial charge on any atom is -0.393 e. The summed E-state index contributed by atoms with van der Waals surface area (Å²) in [6.07, 6.45) is 2.46. The first-order valence-corrected chi connectivity index (χ1v) is 6.74. The number of piperidine rings is 1. The van der Waals surface area contributed by atoms with E-state index in [-0.39, 0.29) is 11.4 Å². The molecule has 0 aromatic heterocycles. The number of anilines is 1. The lowest BCUT2D eigenvalue weighted by Gasteiger charge is -2.36. The molecule has 19 heavy (non-hydrogen) atoms. The summed E-state index contributed by atoms with van der Waals surface area (Å²) in [4.78, 5) is 12.9. The maximum atomic E-state index is 10.9. The van der Waals surface area contributed by atoms with Crippen molar-refractivity contribution in [3.8, 4) is 0 Å². The molecule has 1 saturated heterocycles. The molecule has 2 atom stereocenters. The van der Waals surface area contributed by atoms with E-state index in [0.717, 1.165) is 18.7 Å². The third-order valence-corrected chi connectivity index (χ3v) is 3.92. The largest absolute Gasteiger partial charge is 0.393 e. The summed E-state index contributed by atoms with van der Waals surface area (Å²) in [6.45, 7) is 6.29. The minimum atomic E-state index is -0.416. The second-order valence-corrected chi connectivity index (χ2v) is 5.61. The second kappa shape index (κ2) is 5.57. The third-order valence-electron chi connectivity index (χ3n) is 3.92. The lowest BCUT2D eigenvalue weighted by atomic mass is 9.94. The number of likely N-dealkylation sites (tertiary alicyclic amines) is 1. The number of nitro benzene ring substituents is 1. The minimum absolute atomic E-state index is 0.00945. The second-order valence-electron chi connectivity index (χ2n) is 5.61. The van der Waals surface area contributed by atoms with Crippen molar-refractivity contribution in [2.24, 2.45) is 5.92 Å². The average molecular weight is 263 g/mol. The Balaban J connectivity index is 2.14. The molecule has 1 aromatic rings. The average Bonchev–Trinajstić information content (AvgIpc) is 2.36. The molecule has 1 heterocycles. The highest BCUT2D eigenvalue weighted by Gasteiger charge is 2.23. The summed E-state index contributed by atoms with van der Waals surface area (Å²) in [7, 11) is 0. The van der Waals surface area contributed by atoms with Gasteiger partial charge in [0.15, 0.2) is 0 Å². The van der Waals surface area contributed by atoms with Gasteiger partial charge in [0, 0.05) is 25.2 Å². The number of benzene rings is 1. The van der Waals surface area contributed by atoms with E-state index in [1.165, 1.54) is 12.8 Å². The lowest BCUT2D eigenvalue weighted by Crippen LogP contribution is -2.40. The predicted molar refractivity (Wildman–Crippen MR) is 75.8 cm³/mol. The van der Waals surface area contributed by atoms with Gasteiger partial charge in [-0.25, -0.2) is 0 Å². The summed E-state index contributed by atoms with van der Waals surface area (Å²) < 4.78 is 0. The van der Waals surface area contributed by atoms with Crippen LogP contribution in [0.5, 0.6) is 0 Å². The highest BCUT2D eigenvalue weighted by Crippen LogP contribution is 2.26. The first-order valence-electron chi connectivity index (χ1n) is 6.74. The van der Waals surface area contributed by atoms with E-state index in [9.17, 15) is 10.1 Å². The van der Waals surface area contributed by atoms with Crippen molar-refractivity contribution >= 4 is 11.4 Å². The number of nitrogens with zero attached hydrogens (tertiary/aromatic N) is 2. The van der Waals surface area contributed by atoms with Gasteiger partial charge in [-0.15, -0.1) is 0 Å². The summed E-state index contributed by atoms with van der Waals surface area (Å²) >= 11 is 0. The van der Waals surface area contributed by atoms with Crippen LogP contribution < -0.4 is 5.73 Å². The van der Waals surface area contributed by atoms with Crippen LogP contribution in [0.4, 0.5) is 11.4 Å². The third kappa shape index (κ3) is 3.23. The maximum Gasteiger partial charge on any atom is 0.292 e. The molecular formula is C14H21N3O2. The van der Waals surface area contributed by atoms with Crippen LogP contribution in [0.2, 0.25) is 0 Å². The van der Waals surface area contributed by atoms with Crippen LogP contribution in [0.1, 0.15) is 32.3 Å². The number of nitrogen functional groups attached to an aromatic ring is 1. The fourth-order valence-corrected chi connectivity index (χ4v) is 2.68. The molecule has 0 bridgehead atoms. The van der Waals surface area contributed by atoms with Gasteiger partial charge >= 0.3 is 0 Å². The van der Waals surface area contributed by atoms with E-state index < -0.39 is 4.92 Å². The van der Waals surface area contributed by atoms with Gasteiger partial charge in [-0.05, 0) is 37.3 Å². The molecule has 1 fully saturated rings. The van der Waals surface area contributed by atoms with E-state index in [2.05, 4.69) is 18.7 Å². The molecule has 1 aliphatic rings. The highest BCUT2D eigenvalue weighted by molar-refractivity contribution is 5.59. The molecule has 0 saturated carbocycles. The molecule has 1 aromatic carbocycles. The molecule has 5 nitrogen and oxygen atoms in total. The molecule has 2 N–H and O–H groups in total. The molecule has 0 aliphatic carbocycles. The van der Waals surface area contributed by atoms with Crippen LogP contribution in [0.3, 0.4) is 0 Å². The van der Waals surface area contributed by atoms with Crippen molar-refractivity contribution in [2.75, 3.05) is 12.3 Å². The highest BCUT2D eigenvalue weighted by atomic mass is 16.6. The molecular weight excluding hydrogens is 242 g/mol. The first-order chi connectivity index (χ1) is 8.97. The van der Waals surface area contributed by atoms with E-state index >= 15 is 0 Å². The van der Waals surface area contributed by atoms with E-state index in [4.69, 9.17) is 5.73 Å². The molecule has 0 spiro atoms. The smallest absolute Gasteiger partial charge is 0.292 e. The SMILES string of the molecule is CC1CCC(C)N(Cc2ccc(N)c([N+](=O)[O-])c2)C1. The lowest BCUT2D eigenvalue weighted by molar-refractivity contribution is -0.384. The molecule has 2 rings (SSSR count). The Hall–Kier alpha value is -1.62. The van der Waals surface area contributed by atoms with Crippen LogP contribution in [0.15, 0.2) is 18.2 Å². The Kier molecular flexibility index (Phi) is 4.04. The molecule has 0 amide bonds. The number of hydrogen-bond donors (Lipinski definition) is 1. The number of hydrogen-bond acceptors (Lipinski definition) is 4. The van der Waals surface area contributed by atoms with Gasteiger partial charge in [0.25, 0.3) is 5.69 Å². The Bertz CT molecular complexity index is 476. The summed E-state index contributed by atoms with van der Waals surface area (Å²) in [5.74, 6) is 0.694. The quantitative estimate of drug-likeness (QED) is 0.517. The molecule has 2 unspecified atom stereocenters. The van der Waals surface area contributed by atoms with Gasteiger partial charge < -0.3 is 5.73 Å². The fourth-order valence-electron chi connectivity index (χ4n) is 2.68. The Morgan fingerprint density at radius 3 is 2.84 bits per heavy atom. The van der Waals surface area contributed by atoms with Gasteiger partial charge in [0.05, 0.1) is 4.92 Å². The van der Waals surface area contributed by atoms with Gasteiger partial charge in [-0.3, -0.25) is 15.0 Å². The molecule has 5 heteroatoms. The van der Waals surface area contributed by atoms with Crippen molar-refractivity contribution in [3.63, 3.8) is 0 Å². The number of nitro groups is 1. The maximum absolute atomic E-state index is 10.9. The molecule has 0 radical (unpaired) electrons. The van der Waals surface area contributed by atoms with Gasteiger partial charge in [0.2, 0.25) is 0 Å². The standard InChI is InChI=1S/C14H21N3O2/c1-10-3-4-11(2)16(8-10)9-12-5-6-13(15)14(7-12)17(18)19/h5-7,10-11H,3-4,8-9,15H2,1-2H3. The number of nitrogens with two attached hydrogens (primary N) is 1. The van der Waals surface area contributed by atoms with Gasteiger partial charge in [-0.2, -0.15) is 0 Å². The fraction of sp³-hybridized carbons (Fsp3) is 0.571. The van der Waals surface area contributed by atoms with Crippen LogP contribution in [-0.2, 0) is 6.54 Å². The van der Waals surface area contributed by atoms with Crippen LogP contribution in [0, 0.1) is 16.0 Å². The van der Waals surface area contributed by atoms with Crippen molar-refractivity contribution in [3.05, 3.63) is 33.9 Å². The van der Waals surface area contributed by atoms with Gasteiger partial charge in [0.1, 0.15) is 5.69 Å². The molecule has 1 aliphatic heterocycles. The summed E-state index contributed by atoms with van der Waals surface area (Å²) in [5, 5.41) is 10.9. The topological polar surface area (TPSA) is 72.4 Å². The van der Waals surface area contributed by atoms with Crippen molar-refractivity contribution in [1.29, 1.82) is 0 Å². The van der Waals surface area contributed by atoms with Crippen LogP contribution in [0.25, 0.3) is 0 Å². The van der Waals surface area contributed by atoms with Crippen LogP contribution >= 0.6 is 0 Å². The first kappa shape index (κ1) is 13.8. The van der Waals surface area contributed by atoms with E-state index in [1.807, 2.05) is 6.07 Å². The Labute approximate surface area is 113 Å². The Morgan fingerprint density at radius 1 is 1.42 bits per heavy atom. The Morgan fingerprint density at radius 2 is 2.16 bits per heavy atom.